The maximum atomic E-state index is 15.0. The monoisotopic (exact) mass is 546 g/mol. The molecule has 0 aliphatic heterocycles. The molecule has 0 bridgehead atoms. The molecule has 1 atom stereocenters. The molecule has 1 fully saturated rings. The van der Waals surface area contributed by atoms with E-state index in [2.05, 4.69) is 88.7 Å². The van der Waals surface area contributed by atoms with Gasteiger partial charge in [0.15, 0.2) is 0 Å². The van der Waals surface area contributed by atoms with Crippen LogP contribution >= 0.6 is 0 Å². The molecule has 0 unspecified atom stereocenters. The number of pyridine rings is 1. The molecular formula is C35H47FN2O2. The largest absolute Gasteiger partial charge is 0.489 e. The normalized spacial score (nSPS) is 14.7. The van der Waals surface area contributed by atoms with E-state index in [-0.39, 0.29) is 5.82 Å². The maximum Gasteiger partial charge on any atom is 0.213 e. The van der Waals surface area contributed by atoms with Crippen LogP contribution in [0.2, 0.25) is 0 Å². The molecule has 2 aromatic carbocycles. The number of nitrogens with zero attached hydrogens (tertiary/aromatic N) is 2. The van der Waals surface area contributed by atoms with E-state index in [0.29, 0.717) is 48.0 Å². The molecule has 0 N–H and O–H groups in total. The van der Waals surface area contributed by atoms with E-state index in [9.17, 15) is 0 Å². The van der Waals surface area contributed by atoms with Gasteiger partial charge in [-0.3, -0.25) is 4.90 Å². The molecule has 216 valence electrons. The van der Waals surface area contributed by atoms with Gasteiger partial charge in [0.05, 0.1) is 13.3 Å². The second kappa shape index (κ2) is 12.7. The van der Waals surface area contributed by atoms with Crippen molar-refractivity contribution in [3.63, 3.8) is 0 Å². The third-order valence-corrected chi connectivity index (χ3v) is 7.89. The Morgan fingerprint density at radius 3 is 2.33 bits per heavy atom. The summed E-state index contributed by atoms with van der Waals surface area (Å²) in [4.78, 5) is 6.45. The minimum Gasteiger partial charge on any atom is -0.489 e. The highest BCUT2D eigenvalue weighted by Gasteiger charge is 2.34. The Bertz CT molecular complexity index is 1270. The number of aromatic nitrogens is 1. The topological polar surface area (TPSA) is 34.6 Å². The second-order valence-electron chi connectivity index (χ2n) is 13.1. The van der Waals surface area contributed by atoms with Gasteiger partial charge in [-0.25, -0.2) is 9.37 Å². The van der Waals surface area contributed by atoms with Crippen LogP contribution in [0.1, 0.15) is 90.3 Å². The fraction of sp³-hybridized carbons (Fsp3) is 0.514. The van der Waals surface area contributed by atoms with Crippen molar-refractivity contribution in [3.8, 4) is 22.8 Å². The van der Waals surface area contributed by atoms with Crippen molar-refractivity contribution in [1.82, 2.24) is 9.88 Å². The second-order valence-corrected chi connectivity index (χ2v) is 13.1. The van der Waals surface area contributed by atoms with Crippen LogP contribution in [0.15, 0.2) is 54.7 Å². The van der Waals surface area contributed by atoms with Crippen molar-refractivity contribution in [2.75, 3.05) is 7.11 Å². The van der Waals surface area contributed by atoms with Crippen LogP contribution < -0.4 is 9.47 Å². The van der Waals surface area contributed by atoms with Crippen LogP contribution in [-0.4, -0.2) is 29.1 Å². The molecule has 0 spiro atoms. The first-order valence-electron chi connectivity index (χ1n) is 14.8. The molecule has 40 heavy (non-hydrogen) atoms. The molecule has 4 nitrogen and oxygen atoms in total. The molecule has 1 aliphatic rings. The number of benzene rings is 2. The van der Waals surface area contributed by atoms with Crippen molar-refractivity contribution in [1.29, 1.82) is 0 Å². The molecular weight excluding hydrogens is 499 g/mol. The van der Waals surface area contributed by atoms with Crippen molar-refractivity contribution < 1.29 is 13.9 Å². The fourth-order valence-electron chi connectivity index (χ4n) is 5.74. The summed E-state index contributed by atoms with van der Waals surface area (Å²) in [6, 6.07) is 17.3. The first-order chi connectivity index (χ1) is 18.9. The third-order valence-electron chi connectivity index (χ3n) is 7.89. The first kappa shape index (κ1) is 30.0. The zero-order valence-corrected chi connectivity index (χ0v) is 25.6. The van der Waals surface area contributed by atoms with E-state index >= 15 is 4.39 Å². The molecule has 1 saturated carbocycles. The van der Waals surface area contributed by atoms with Gasteiger partial charge in [-0.2, -0.15) is 0 Å². The zero-order chi connectivity index (χ0) is 29.0. The van der Waals surface area contributed by atoms with E-state index < -0.39 is 0 Å². The molecule has 5 heteroatoms. The van der Waals surface area contributed by atoms with E-state index in [1.54, 1.807) is 13.2 Å². The van der Waals surface area contributed by atoms with Crippen molar-refractivity contribution in [3.05, 3.63) is 77.2 Å². The highest BCUT2D eigenvalue weighted by Crippen LogP contribution is 2.48. The SMILES string of the molecule is COc1cc(-c2ccc(COc3cccc([C@@H](CC(C)(C)C)C4CC4)c3)cc2CN(C(C)C)C(C)C)c(F)cn1. The van der Waals surface area contributed by atoms with Crippen LogP contribution in [0.25, 0.3) is 11.1 Å². The first-order valence-corrected chi connectivity index (χ1v) is 14.8. The Kier molecular flexibility index (Phi) is 9.56. The van der Waals surface area contributed by atoms with Gasteiger partial charge in [0.25, 0.3) is 0 Å². The third kappa shape index (κ3) is 7.84. The quantitative estimate of drug-likeness (QED) is 0.227. The minimum absolute atomic E-state index is 0.292. The van der Waals surface area contributed by atoms with Crippen LogP contribution in [0.3, 0.4) is 0 Å². The van der Waals surface area contributed by atoms with Crippen LogP contribution in [-0.2, 0) is 13.2 Å². The summed E-state index contributed by atoms with van der Waals surface area (Å²) >= 11 is 0. The van der Waals surface area contributed by atoms with Gasteiger partial charge >= 0.3 is 0 Å². The van der Waals surface area contributed by atoms with Gasteiger partial charge in [0, 0.05) is 30.3 Å². The average Bonchev–Trinajstić information content (AvgIpc) is 3.74. The lowest BCUT2D eigenvalue weighted by molar-refractivity contribution is 0.166. The summed E-state index contributed by atoms with van der Waals surface area (Å²) < 4.78 is 26.7. The molecule has 0 amide bonds. The summed E-state index contributed by atoms with van der Waals surface area (Å²) in [5.74, 6) is 2.32. The number of halogens is 1. The summed E-state index contributed by atoms with van der Waals surface area (Å²) in [6.07, 6.45) is 5.08. The molecule has 0 saturated heterocycles. The molecule has 0 radical (unpaired) electrons. The predicted molar refractivity (Wildman–Crippen MR) is 162 cm³/mol. The Balaban J connectivity index is 1.61. The fourth-order valence-corrected chi connectivity index (χ4v) is 5.74. The Labute approximate surface area is 240 Å². The molecule has 1 heterocycles. The van der Waals surface area contributed by atoms with Crippen molar-refractivity contribution in [2.45, 2.75) is 98.9 Å². The lowest BCUT2D eigenvalue weighted by Crippen LogP contribution is -2.36. The molecule has 4 rings (SSSR count). The van der Waals surface area contributed by atoms with Crippen molar-refractivity contribution >= 4 is 0 Å². The standard InChI is InChI=1S/C35H47FN2O2/c1-23(2)38(24(3)4)21-28-16-25(12-15-30(28)31-18-34(39-8)37-20-33(31)36)22-40-29-11-9-10-27(17-29)32(26-13-14-26)19-35(5,6)7/h9-12,15-18,20,23-24,26,32H,13-14,19,21-22H2,1-8H3/t32-/m0/s1. The Morgan fingerprint density at radius 2 is 1.70 bits per heavy atom. The summed E-state index contributed by atoms with van der Waals surface area (Å²) in [5.41, 5.74) is 5.15. The summed E-state index contributed by atoms with van der Waals surface area (Å²) in [7, 11) is 1.55. The van der Waals surface area contributed by atoms with Crippen LogP contribution in [0, 0.1) is 17.2 Å². The van der Waals surface area contributed by atoms with Gasteiger partial charge in [0.2, 0.25) is 5.88 Å². The number of hydrogen-bond acceptors (Lipinski definition) is 4. The minimum atomic E-state index is -0.357. The molecule has 1 aromatic heterocycles. The smallest absolute Gasteiger partial charge is 0.213 e. The highest BCUT2D eigenvalue weighted by molar-refractivity contribution is 5.69. The number of rotatable bonds is 12. The van der Waals surface area contributed by atoms with Crippen LogP contribution in [0.4, 0.5) is 4.39 Å². The van der Waals surface area contributed by atoms with Gasteiger partial charge in [-0.1, -0.05) is 51.1 Å². The van der Waals surface area contributed by atoms with E-state index in [0.717, 1.165) is 28.4 Å². The lowest BCUT2D eigenvalue weighted by Gasteiger charge is -2.31. The summed E-state index contributed by atoms with van der Waals surface area (Å²) in [5, 5.41) is 0. The predicted octanol–water partition coefficient (Wildman–Crippen LogP) is 9.02. The van der Waals surface area contributed by atoms with Gasteiger partial charge in [-0.15, -0.1) is 0 Å². The lowest BCUT2D eigenvalue weighted by atomic mass is 9.79. The number of ether oxygens (including phenoxy) is 2. The van der Waals surface area contributed by atoms with E-state index in [1.807, 2.05) is 12.1 Å². The zero-order valence-electron chi connectivity index (χ0n) is 25.6. The maximum absolute atomic E-state index is 15.0. The van der Waals surface area contributed by atoms with Crippen LogP contribution in [0.5, 0.6) is 11.6 Å². The van der Waals surface area contributed by atoms with Gasteiger partial charge in [0.1, 0.15) is 18.2 Å². The van der Waals surface area contributed by atoms with E-state index in [4.69, 9.17) is 9.47 Å². The highest BCUT2D eigenvalue weighted by atomic mass is 19.1. The number of hydrogen-bond donors (Lipinski definition) is 0. The van der Waals surface area contributed by atoms with E-state index in [1.165, 1.54) is 31.0 Å². The van der Waals surface area contributed by atoms with Gasteiger partial charge < -0.3 is 9.47 Å². The molecule has 3 aromatic rings. The average molecular weight is 547 g/mol. The molecule has 1 aliphatic carbocycles. The van der Waals surface area contributed by atoms with Crippen molar-refractivity contribution in [2.24, 2.45) is 11.3 Å². The number of methoxy groups -OCH3 is 1. The Morgan fingerprint density at radius 1 is 0.975 bits per heavy atom. The summed E-state index contributed by atoms with van der Waals surface area (Å²) in [6.45, 7) is 16.9. The Hall–Kier alpha value is -2.92. The van der Waals surface area contributed by atoms with Gasteiger partial charge in [-0.05, 0) is 98.6 Å².